The molecule has 2 nitrogen and oxygen atoms in total. The Morgan fingerprint density at radius 1 is 1.22 bits per heavy atom. The van der Waals surface area contributed by atoms with E-state index in [1.807, 2.05) is 0 Å². The van der Waals surface area contributed by atoms with Gasteiger partial charge < -0.3 is 9.47 Å². The van der Waals surface area contributed by atoms with Gasteiger partial charge in [-0.1, -0.05) is 31.5 Å². The van der Waals surface area contributed by atoms with Crippen LogP contribution in [0.4, 0.5) is 0 Å². The molecular formula is C16H24O2. The molecule has 1 heterocycles. The second-order valence-corrected chi connectivity index (χ2v) is 5.12. The van der Waals surface area contributed by atoms with Crippen molar-refractivity contribution in [1.82, 2.24) is 0 Å². The summed E-state index contributed by atoms with van der Waals surface area (Å²) in [5, 5.41) is 0. The minimum Gasteiger partial charge on any atom is -0.493 e. The Morgan fingerprint density at radius 3 is 2.72 bits per heavy atom. The maximum atomic E-state index is 5.81. The molecule has 1 aliphatic rings. The van der Waals surface area contributed by atoms with Gasteiger partial charge >= 0.3 is 0 Å². The van der Waals surface area contributed by atoms with Crippen LogP contribution in [0.2, 0.25) is 0 Å². The predicted molar refractivity (Wildman–Crippen MR) is 74.2 cm³/mol. The van der Waals surface area contributed by atoms with E-state index >= 15 is 0 Å². The van der Waals surface area contributed by atoms with Crippen molar-refractivity contribution in [3.05, 3.63) is 29.3 Å². The SMILES string of the molecule is CCCOc1ccc(C)cc1CCC1OC1CC. The fourth-order valence-electron chi connectivity index (χ4n) is 2.35. The molecule has 0 bridgehead atoms. The Labute approximate surface area is 110 Å². The van der Waals surface area contributed by atoms with Crippen molar-refractivity contribution >= 4 is 0 Å². The lowest BCUT2D eigenvalue weighted by Crippen LogP contribution is -2.01. The van der Waals surface area contributed by atoms with Gasteiger partial charge in [0.2, 0.25) is 0 Å². The van der Waals surface area contributed by atoms with E-state index in [4.69, 9.17) is 9.47 Å². The fraction of sp³-hybridized carbons (Fsp3) is 0.625. The largest absolute Gasteiger partial charge is 0.493 e. The summed E-state index contributed by atoms with van der Waals surface area (Å²) in [4.78, 5) is 0. The van der Waals surface area contributed by atoms with Crippen molar-refractivity contribution < 1.29 is 9.47 Å². The van der Waals surface area contributed by atoms with Gasteiger partial charge in [0.1, 0.15) is 5.75 Å². The molecule has 0 aromatic heterocycles. The van der Waals surface area contributed by atoms with Gasteiger partial charge in [-0.25, -0.2) is 0 Å². The summed E-state index contributed by atoms with van der Waals surface area (Å²) < 4.78 is 11.4. The van der Waals surface area contributed by atoms with Crippen LogP contribution < -0.4 is 4.74 Å². The highest BCUT2D eigenvalue weighted by Gasteiger charge is 2.36. The third-order valence-electron chi connectivity index (χ3n) is 3.47. The van der Waals surface area contributed by atoms with Gasteiger partial charge in [-0.2, -0.15) is 0 Å². The summed E-state index contributed by atoms with van der Waals surface area (Å²) in [5.41, 5.74) is 2.63. The Kier molecular flexibility index (Phi) is 4.65. The van der Waals surface area contributed by atoms with Crippen LogP contribution in [-0.4, -0.2) is 18.8 Å². The quantitative estimate of drug-likeness (QED) is 0.683. The first kappa shape index (κ1) is 13.4. The van der Waals surface area contributed by atoms with Crippen molar-refractivity contribution in [3.8, 4) is 5.75 Å². The molecule has 0 N–H and O–H groups in total. The molecule has 0 aliphatic carbocycles. The van der Waals surface area contributed by atoms with Gasteiger partial charge in [0.25, 0.3) is 0 Å². The molecule has 0 spiro atoms. The van der Waals surface area contributed by atoms with Gasteiger partial charge in [-0.15, -0.1) is 0 Å². The molecule has 0 radical (unpaired) electrons. The maximum Gasteiger partial charge on any atom is 0.122 e. The van der Waals surface area contributed by atoms with Crippen LogP contribution >= 0.6 is 0 Å². The predicted octanol–water partition coefficient (Wildman–Crippen LogP) is 3.89. The highest BCUT2D eigenvalue weighted by atomic mass is 16.6. The van der Waals surface area contributed by atoms with Crippen LogP contribution in [0.3, 0.4) is 0 Å². The molecule has 0 saturated carbocycles. The monoisotopic (exact) mass is 248 g/mol. The van der Waals surface area contributed by atoms with Crippen LogP contribution in [0.15, 0.2) is 18.2 Å². The Bertz CT molecular complexity index is 387. The van der Waals surface area contributed by atoms with Gasteiger partial charge in [-0.3, -0.25) is 0 Å². The van der Waals surface area contributed by atoms with Crippen molar-refractivity contribution in [1.29, 1.82) is 0 Å². The molecular weight excluding hydrogens is 224 g/mol. The summed E-state index contributed by atoms with van der Waals surface area (Å²) in [6, 6.07) is 6.47. The average molecular weight is 248 g/mol. The number of hydrogen-bond donors (Lipinski definition) is 0. The number of rotatable bonds is 7. The standard InChI is InChI=1S/C16H24O2/c1-4-10-17-15-8-6-12(3)11-13(15)7-9-16-14(5-2)18-16/h6,8,11,14,16H,4-5,7,9-10H2,1-3H3. The van der Waals surface area contributed by atoms with Crippen LogP contribution in [0.25, 0.3) is 0 Å². The highest BCUT2D eigenvalue weighted by Crippen LogP contribution is 2.31. The zero-order valence-corrected chi connectivity index (χ0v) is 11.7. The van der Waals surface area contributed by atoms with E-state index in [9.17, 15) is 0 Å². The van der Waals surface area contributed by atoms with Crippen molar-refractivity contribution in [2.45, 2.75) is 58.7 Å². The minimum atomic E-state index is 0.481. The molecule has 18 heavy (non-hydrogen) atoms. The van der Waals surface area contributed by atoms with E-state index in [2.05, 4.69) is 39.0 Å². The Morgan fingerprint density at radius 2 is 2.06 bits per heavy atom. The summed E-state index contributed by atoms with van der Waals surface area (Å²) in [6.45, 7) is 7.26. The highest BCUT2D eigenvalue weighted by molar-refractivity contribution is 5.37. The van der Waals surface area contributed by atoms with Gasteiger partial charge in [0.05, 0.1) is 18.8 Å². The first-order valence-electron chi connectivity index (χ1n) is 7.12. The van der Waals surface area contributed by atoms with Crippen LogP contribution in [0.5, 0.6) is 5.75 Å². The van der Waals surface area contributed by atoms with E-state index in [0.29, 0.717) is 12.2 Å². The summed E-state index contributed by atoms with van der Waals surface area (Å²) in [5.74, 6) is 1.05. The minimum absolute atomic E-state index is 0.481. The third-order valence-corrected chi connectivity index (χ3v) is 3.47. The van der Waals surface area contributed by atoms with Crippen LogP contribution in [0.1, 0.15) is 44.2 Å². The normalized spacial score (nSPS) is 21.9. The summed E-state index contributed by atoms with van der Waals surface area (Å²) in [6.07, 6.45) is 5.35. The smallest absolute Gasteiger partial charge is 0.122 e. The van der Waals surface area contributed by atoms with E-state index in [1.165, 1.54) is 11.1 Å². The van der Waals surface area contributed by atoms with Crippen molar-refractivity contribution in [2.24, 2.45) is 0 Å². The number of hydrogen-bond acceptors (Lipinski definition) is 2. The van der Waals surface area contributed by atoms with Crippen molar-refractivity contribution in [2.75, 3.05) is 6.61 Å². The average Bonchev–Trinajstić information content (AvgIpc) is 3.14. The molecule has 1 saturated heterocycles. The molecule has 1 aliphatic heterocycles. The van der Waals surface area contributed by atoms with E-state index in [-0.39, 0.29) is 0 Å². The van der Waals surface area contributed by atoms with Gasteiger partial charge in [0.15, 0.2) is 0 Å². The first-order chi connectivity index (χ1) is 8.74. The maximum absolute atomic E-state index is 5.81. The molecule has 1 aromatic rings. The molecule has 2 heteroatoms. The van der Waals surface area contributed by atoms with Gasteiger partial charge in [0, 0.05) is 0 Å². The Balaban J connectivity index is 1.94. The van der Waals surface area contributed by atoms with Crippen LogP contribution in [0, 0.1) is 6.92 Å². The fourth-order valence-corrected chi connectivity index (χ4v) is 2.35. The molecule has 2 unspecified atom stereocenters. The van der Waals surface area contributed by atoms with E-state index < -0.39 is 0 Å². The zero-order valence-electron chi connectivity index (χ0n) is 11.7. The molecule has 100 valence electrons. The molecule has 1 fully saturated rings. The van der Waals surface area contributed by atoms with E-state index in [1.54, 1.807) is 0 Å². The summed E-state index contributed by atoms with van der Waals surface area (Å²) >= 11 is 0. The number of benzene rings is 1. The number of aryl methyl sites for hydroxylation is 2. The van der Waals surface area contributed by atoms with Crippen molar-refractivity contribution in [3.63, 3.8) is 0 Å². The van der Waals surface area contributed by atoms with Crippen LogP contribution in [-0.2, 0) is 11.2 Å². The van der Waals surface area contributed by atoms with Gasteiger partial charge in [-0.05, 0) is 44.2 Å². The lowest BCUT2D eigenvalue weighted by molar-refractivity contribution is 0.312. The second kappa shape index (κ2) is 6.24. The van der Waals surface area contributed by atoms with E-state index in [0.717, 1.165) is 38.0 Å². The number of ether oxygens (including phenoxy) is 2. The topological polar surface area (TPSA) is 21.8 Å². The molecule has 2 rings (SSSR count). The first-order valence-corrected chi connectivity index (χ1v) is 7.12. The molecule has 1 aromatic carbocycles. The molecule has 0 amide bonds. The lowest BCUT2D eigenvalue weighted by atomic mass is 10.0. The summed E-state index contributed by atoms with van der Waals surface area (Å²) in [7, 11) is 0. The Hall–Kier alpha value is -1.02. The lowest BCUT2D eigenvalue weighted by Gasteiger charge is -2.11. The third kappa shape index (κ3) is 3.49. The number of epoxide rings is 1. The second-order valence-electron chi connectivity index (χ2n) is 5.12. The molecule has 2 atom stereocenters. The zero-order chi connectivity index (χ0) is 13.0.